The molecular weight excluding hydrogens is 344 g/mol. The molecule has 1 aliphatic heterocycles. The summed E-state index contributed by atoms with van der Waals surface area (Å²) in [6.45, 7) is 2.05. The largest absolute Gasteiger partial charge is 0.454 e. The smallest absolute Gasteiger partial charge is 0.240 e. The van der Waals surface area contributed by atoms with Gasteiger partial charge in [-0.25, -0.2) is 13.1 Å². The molecule has 0 spiro atoms. The molecule has 3 rings (SSSR count). The van der Waals surface area contributed by atoms with Crippen LogP contribution in [0, 0.1) is 0 Å². The molecule has 2 aromatic rings. The monoisotopic (exact) mass is 362 g/mol. The second-order valence-corrected chi connectivity index (χ2v) is 7.21. The molecule has 0 saturated heterocycles. The fourth-order valence-electron chi connectivity index (χ4n) is 2.28. The van der Waals surface area contributed by atoms with Crippen LogP contribution in [0.5, 0.6) is 11.5 Å². The van der Waals surface area contributed by atoms with Crippen molar-refractivity contribution in [2.45, 2.75) is 24.8 Å². The normalized spacial score (nSPS) is 12.8. The zero-order chi connectivity index (χ0) is 17.9. The van der Waals surface area contributed by atoms with Crippen LogP contribution < -0.4 is 19.5 Å². The molecule has 2 N–H and O–H groups in total. The van der Waals surface area contributed by atoms with Gasteiger partial charge in [0, 0.05) is 18.7 Å². The lowest BCUT2D eigenvalue weighted by Crippen LogP contribution is -2.23. The summed E-state index contributed by atoms with van der Waals surface area (Å²) in [5.74, 6) is 1.13. The van der Waals surface area contributed by atoms with E-state index in [-0.39, 0.29) is 24.1 Å². The van der Waals surface area contributed by atoms with E-state index in [1.807, 2.05) is 0 Å². The van der Waals surface area contributed by atoms with Crippen LogP contribution >= 0.6 is 0 Å². The van der Waals surface area contributed by atoms with Crippen molar-refractivity contribution in [3.63, 3.8) is 0 Å². The van der Waals surface area contributed by atoms with Crippen LogP contribution in [-0.4, -0.2) is 21.1 Å². The number of anilines is 1. The van der Waals surface area contributed by atoms with Crippen molar-refractivity contribution >= 4 is 21.6 Å². The third-order valence-corrected chi connectivity index (χ3v) is 5.09. The van der Waals surface area contributed by atoms with Gasteiger partial charge >= 0.3 is 0 Å². The molecule has 132 valence electrons. The van der Waals surface area contributed by atoms with E-state index in [4.69, 9.17) is 9.47 Å². The minimum Gasteiger partial charge on any atom is -0.454 e. The van der Waals surface area contributed by atoms with Gasteiger partial charge in [0.25, 0.3) is 0 Å². The predicted molar refractivity (Wildman–Crippen MR) is 92.0 cm³/mol. The standard InChI is InChI=1S/C17H18N2O5S/c1-2-17(20)19-13-4-6-14(7-5-13)25(21,22)18-10-12-3-8-15-16(9-12)24-11-23-15/h3-9,18H,2,10-11H2,1H3,(H,19,20). The second kappa shape index (κ2) is 7.12. The Labute approximate surface area is 146 Å². The molecule has 1 amide bonds. The summed E-state index contributed by atoms with van der Waals surface area (Å²) in [5.41, 5.74) is 1.32. The topological polar surface area (TPSA) is 93.7 Å². The van der Waals surface area contributed by atoms with Gasteiger partial charge in [0.05, 0.1) is 4.90 Å². The summed E-state index contributed by atoms with van der Waals surface area (Å²) in [4.78, 5) is 11.5. The minimum absolute atomic E-state index is 0.128. The van der Waals surface area contributed by atoms with Crippen molar-refractivity contribution in [3.05, 3.63) is 48.0 Å². The van der Waals surface area contributed by atoms with Crippen LogP contribution in [0.15, 0.2) is 47.4 Å². The minimum atomic E-state index is -3.66. The maximum Gasteiger partial charge on any atom is 0.240 e. The van der Waals surface area contributed by atoms with Gasteiger partial charge in [-0.3, -0.25) is 4.79 Å². The summed E-state index contributed by atoms with van der Waals surface area (Å²) < 4.78 is 37.8. The maximum atomic E-state index is 12.4. The molecule has 0 bridgehead atoms. The summed E-state index contributed by atoms with van der Waals surface area (Å²) in [7, 11) is -3.66. The number of hydrogen-bond acceptors (Lipinski definition) is 5. The molecule has 1 aliphatic rings. The molecule has 0 aliphatic carbocycles. The summed E-state index contributed by atoms with van der Waals surface area (Å²) in [6, 6.07) is 11.3. The number of ether oxygens (including phenoxy) is 2. The lowest BCUT2D eigenvalue weighted by molar-refractivity contribution is -0.115. The predicted octanol–water partition coefficient (Wildman–Crippen LogP) is 2.24. The lowest BCUT2D eigenvalue weighted by atomic mass is 10.2. The van der Waals surface area contributed by atoms with Crippen molar-refractivity contribution in [3.8, 4) is 11.5 Å². The van der Waals surface area contributed by atoms with Crippen molar-refractivity contribution in [1.82, 2.24) is 4.72 Å². The van der Waals surface area contributed by atoms with E-state index in [1.165, 1.54) is 12.1 Å². The Bertz CT molecular complexity index is 878. The van der Waals surface area contributed by atoms with E-state index >= 15 is 0 Å². The van der Waals surface area contributed by atoms with Crippen LogP contribution in [-0.2, 0) is 21.4 Å². The van der Waals surface area contributed by atoms with Gasteiger partial charge in [0.15, 0.2) is 11.5 Å². The Morgan fingerprint density at radius 2 is 1.80 bits per heavy atom. The SMILES string of the molecule is CCC(=O)Nc1ccc(S(=O)(=O)NCc2ccc3c(c2)OCO3)cc1. The highest BCUT2D eigenvalue weighted by Crippen LogP contribution is 2.32. The molecule has 0 atom stereocenters. The Morgan fingerprint density at radius 3 is 2.52 bits per heavy atom. The van der Waals surface area contributed by atoms with E-state index in [9.17, 15) is 13.2 Å². The Morgan fingerprint density at radius 1 is 1.08 bits per heavy atom. The number of fused-ring (bicyclic) bond motifs is 1. The zero-order valence-electron chi connectivity index (χ0n) is 13.6. The summed E-state index contributed by atoms with van der Waals surface area (Å²) in [6.07, 6.45) is 0.358. The van der Waals surface area contributed by atoms with E-state index in [1.54, 1.807) is 37.3 Å². The van der Waals surface area contributed by atoms with Crippen LogP contribution in [0.25, 0.3) is 0 Å². The van der Waals surface area contributed by atoms with Crippen LogP contribution in [0.1, 0.15) is 18.9 Å². The van der Waals surface area contributed by atoms with E-state index in [0.29, 0.717) is 23.6 Å². The van der Waals surface area contributed by atoms with Gasteiger partial charge in [-0.15, -0.1) is 0 Å². The third kappa shape index (κ3) is 4.09. The molecule has 8 heteroatoms. The molecule has 0 fully saturated rings. The first-order chi connectivity index (χ1) is 12.0. The number of nitrogens with one attached hydrogen (secondary N) is 2. The molecule has 0 saturated carbocycles. The number of amides is 1. The first kappa shape index (κ1) is 17.2. The fourth-order valence-corrected chi connectivity index (χ4v) is 3.30. The number of rotatable bonds is 6. The van der Waals surface area contributed by atoms with Crippen LogP contribution in [0.2, 0.25) is 0 Å². The van der Waals surface area contributed by atoms with Gasteiger partial charge in [-0.1, -0.05) is 13.0 Å². The first-order valence-electron chi connectivity index (χ1n) is 7.76. The Balaban J connectivity index is 1.66. The molecule has 2 aromatic carbocycles. The molecule has 25 heavy (non-hydrogen) atoms. The summed E-state index contributed by atoms with van der Waals surface area (Å²) >= 11 is 0. The molecule has 1 heterocycles. The highest BCUT2D eigenvalue weighted by molar-refractivity contribution is 7.89. The molecule has 0 unspecified atom stereocenters. The second-order valence-electron chi connectivity index (χ2n) is 5.44. The average Bonchev–Trinajstić information content (AvgIpc) is 3.08. The van der Waals surface area contributed by atoms with Crippen molar-refractivity contribution in [2.24, 2.45) is 0 Å². The highest BCUT2D eigenvalue weighted by atomic mass is 32.2. The van der Waals surface area contributed by atoms with E-state index < -0.39 is 10.0 Å². The van der Waals surface area contributed by atoms with Crippen molar-refractivity contribution in [1.29, 1.82) is 0 Å². The van der Waals surface area contributed by atoms with Gasteiger partial charge in [0.1, 0.15) is 0 Å². The third-order valence-electron chi connectivity index (χ3n) is 3.67. The average molecular weight is 362 g/mol. The molecular formula is C17H18N2O5S. The zero-order valence-corrected chi connectivity index (χ0v) is 14.4. The number of hydrogen-bond donors (Lipinski definition) is 2. The van der Waals surface area contributed by atoms with Crippen molar-refractivity contribution < 1.29 is 22.7 Å². The van der Waals surface area contributed by atoms with Crippen molar-refractivity contribution in [2.75, 3.05) is 12.1 Å². The van der Waals surface area contributed by atoms with Gasteiger partial charge in [0.2, 0.25) is 22.7 Å². The molecule has 7 nitrogen and oxygen atoms in total. The van der Waals surface area contributed by atoms with Gasteiger partial charge in [-0.05, 0) is 42.0 Å². The van der Waals surface area contributed by atoms with E-state index in [2.05, 4.69) is 10.0 Å². The highest BCUT2D eigenvalue weighted by Gasteiger charge is 2.16. The summed E-state index contributed by atoms with van der Waals surface area (Å²) in [5, 5.41) is 2.67. The molecule has 0 radical (unpaired) electrons. The van der Waals surface area contributed by atoms with E-state index in [0.717, 1.165) is 5.56 Å². The number of benzene rings is 2. The first-order valence-corrected chi connectivity index (χ1v) is 9.24. The fraction of sp³-hybridized carbons (Fsp3) is 0.235. The molecule has 0 aromatic heterocycles. The quantitative estimate of drug-likeness (QED) is 0.822. The Kier molecular flexibility index (Phi) is 4.91. The lowest BCUT2D eigenvalue weighted by Gasteiger charge is -2.09. The van der Waals surface area contributed by atoms with Crippen LogP contribution in [0.3, 0.4) is 0 Å². The van der Waals surface area contributed by atoms with Gasteiger partial charge < -0.3 is 14.8 Å². The maximum absolute atomic E-state index is 12.4. The van der Waals surface area contributed by atoms with Gasteiger partial charge in [-0.2, -0.15) is 0 Å². The van der Waals surface area contributed by atoms with Crippen LogP contribution in [0.4, 0.5) is 5.69 Å². The number of sulfonamides is 1. The number of carbonyl (C=O) groups is 1. The Hall–Kier alpha value is -2.58. The number of carbonyl (C=O) groups excluding carboxylic acids is 1.